The van der Waals surface area contributed by atoms with Gasteiger partial charge in [0.15, 0.2) is 0 Å². The second kappa shape index (κ2) is 7.58. The minimum absolute atomic E-state index is 0.134. The van der Waals surface area contributed by atoms with Gasteiger partial charge in [-0.3, -0.25) is 9.78 Å². The Hall–Kier alpha value is -2.16. The molecule has 0 aliphatic rings. The van der Waals surface area contributed by atoms with Crippen molar-refractivity contribution >= 4 is 17.2 Å². The quantitative estimate of drug-likeness (QED) is 0.849. The molecule has 0 aliphatic carbocycles. The third-order valence-electron chi connectivity index (χ3n) is 2.90. The number of aliphatic hydroxyl groups is 1. The smallest absolute Gasteiger partial charge is 0.261 e. The average molecular weight is 300 g/mol. The molecule has 0 spiro atoms. The van der Waals surface area contributed by atoms with E-state index in [9.17, 15) is 4.79 Å². The highest BCUT2D eigenvalue weighted by atomic mass is 32.1. The van der Waals surface area contributed by atoms with Crippen LogP contribution in [-0.4, -0.2) is 22.6 Å². The van der Waals surface area contributed by atoms with Gasteiger partial charge in [-0.1, -0.05) is 24.8 Å². The summed E-state index contributed by atoms with van der Waals surface area (Å²) in [5.41, 5.74) is 2.03. The minimum atomic E-state index is -0.182. The number of amides is 1. The molecule has 4 nitrogen and oxygen atoms in total. The molecule has 0 saturated heterocycles. The van der Waals surface area contributed by atoms with E-state index in [1.165, 1.54) is 11.3 Å². The van der Waals surface area contributed by atoms with E-state index in [4.69, 9.17) is 5.11 Å². The highest BCUT2D eigenvalue weighted by Crippen LogP contribution is 2.15. The van der Waals surface area contributed by atoms with Crippen LogP contribution < -0.4 is 5.32 Å². The van der Waals surface area contributed by atoms with Gasteiger partial charge in [0.05, 0.1) is 22.0 Å². The van der Waals surface area contributed by atoms with Crippen molar-refractivity contribution in [1.82, 2.24) is 10.3 Å². The molecule has 21 heavy (non-hydrogen) atoms. The zero-order valence-corrected chi connectivity index (χ0v) is 12.5. The van der Waals surface area contributed by atoms with Crippen LogP contribution in [0.25, 0.3) is 0 Å². The average Bonchev–Trinajstić information content (AvgIpc) is 2.99. The Morgan fingerprint density at radius 2 is 2.29 bits per heavy atom. The Morgan fingerprint density at radius 3 is 3.05 bits per heavy atom. The summed E-state index contributed by atoms with van der Waals surface area (Å²) >= 11 is 1.31. The number of aliphatic hydroxyl groups excluding tert-OH is 1. The number of nitrogens with one attached hydrogen (secondary N) is 1. The zero-order valence-electron chi connectivity index (χ0n) is 11.7. The van der Waals surface area contributed by atoms with Crippen molar-refractivity contribution in [2.45, 2.75) is 19.9 Å². The standard InChI is InChI=1S/C16H16N2O2S/c1-2-12-5-3-9-17-14(12)11-18-16(20)15-8-7-13(21-15)6-4-10-19/h3,5,7-9,19H,2,10-11H2,1H3,(H,18,20). The number of nitrogens with zero attached hydrogens (tertiary/aromatic N) is 1. The van der Waals surface area contributed by atoms with Gasteiger partial charge in [-0.05, 0) is 30.2 Å². The first-order valence-electron chi connectivity index (χ1n) is 6.65. The van der Waals surface area contributed by atoms with E-state index in [-0.39, 0.29) is 12.5 Å². The predicted octanol–water partition coefficient (Wildman–Crippen LogP) is 1.98. The van der Waals surface area contributed by atoms with Crippen molar-refractivity contribution in [2.75, 3.05) is 6.61 Å². The molecule has 2 N–H and O–H groups in total. The zero-order chi connectivity index (χ0) is 15.1. The Kier molecular flexibility index (Phi) is 5.50. The van der Waals surface area contributed by atoms with Crippen molar-refractivity contribution in [2.24, 2.45) is 0 Å². The van der Waals surface area contributed by atoms with Crippen molar-refractivity contribution in [3.05, 3.63) is 51.5 Å². The summed E-state index contributed by atoms with van der Waals surface area (Å²) in [6, 6.07) is 7.43. The largest absolute Gasteiger partial charge is 0.384 e. The van der Waals surface area contributed by atoms with Crippen molar-refractivity contribution < 1.29 is 9.90 Å². The van der Waals surface area contributed by atoms with Gasteiger partial charge < -0.3 is 10.4 Å². The maximum absolute atomic E-state index is 12.1. The molecule has 0 aliphatic heterocycles. The molecule has 5 heteroatoms. The molecule has 0 fully saturated rings. The molecule has 0 radical (unpaired) electrons. The lowest BCUT2D eigenvalue weighted by Crippen LogP contribution is -2.23. The fourth-order valence-corrected chi connectivity index (χ4v) is 2.65. The first kappa shape index (κ1) is 15.2. The number of aromatic nitrogens is 1. The van der Waals surface area contributed by atoms with Crippen molar-refractivity contribution in [3.8, 4) is 11.8 Å². The second-order valence-electron chi connectivity index (χ2n) is 4.27. The van der Waals surface area contributed by atoms with Crippen LogP contribution in [-0.2, 0) is 13.0 Å². The minimum Gasteiger partial charge on any atom is -0.384 e. The van der Waals surface area contributed by atoms with Crippen LogP contribution in [0.15, 0.2) is 30.5 Å². The topological polar surface area (TPSA) is 62.2 Å². The van der Waals surface area contributed by atoms with Crippen LogP contribution in [0.2, 0.25) is 0 Å². The lowest BCUT2D eigenvalue weighted by atomic mass is 10.1. The number of pyridine rings is 1. The molecule has 2 aromatic heterocycles. The molecule has 2 rings (SSSR count). The van der Waals surface area contributed by atoms with Crippen molar-refractivity contribution in [1.29, 1.82) is 0 Å². The molecule has 1 amide bonds. The van der Waals surface area contributed by atoms with E-state index in [1.54, 1.807) is 18.3 Å². The van der Waals surface area contributed by atoms with E-state index in [1.807, 2.05) is 12.1 Å². The maximum Gasteiger partial charge on any atom is 0.261 e. The van der Waals surface area contributed by atoms with E-state index < -0.39 is 0 Å². The van der Waals surface area contributed by atoms with Gasteiger partial charge in [-0.15, -0.1) is 11.3 Å². The van der Waals surface area contributed by atoms with Crippen LogP contribution in [0.3, 0.4) is 0 Å². The molecule has 0 saturated carbocycles. The Balaban J connectivity index is 2.00. The molecule has 0 atom stereocenters. The summed E-state index contributed by atoms with van der Waals surface area (Å²) in [5, 5.41) is 11.5. The molecule has 0 aromatic carbocycles. The molecule has 0 bridgehead atoms. The number of carbonyl (C=O) groups is 1. The maximum atomic E-state index is 12.1. The number of thiophene rings is 1. The number of hydrogen-bond donors (Lipinski definition) is 2. The lowest BCUT2D eigenvalue weighted by Gasteiger charge is -2.07. The second-order valence-corrected chi connectivity index (χ2v) is 5.35. The molecule has 0 unspecified atom stereocenters. The number of hydrogen-bond acceptors (Lipinski definition) is 4. The molecule has 2 heterocycles. The fourth-order valence-electron chi connectivity index (χ4n) is 1.86. The van der Waals surface area contributed by atoms with Crippen LogP contribution in [0.5, 0.6) is 0 Å². The Morgan fingerprint density at radius 1 is 1.43 bits per heavy atom. The number of rotatable bonds is 4. The molecule has 2 aromatic rings. The summed E-state index contributed by atoms with van der Waals surface area (Å²) in [4.78, 5) is 17.7. The number of aryl methyl sites for hydroxylation is 1. The molecule has 108 valence electrons. The van der Waals surface area contributed by atoms with E-state index in [0.717, 1.165) is 22.6 Å². The summed E-state index contributed by atoms with van der Waals surface area (Å²) in [5.74, 6) is 5.22. The van der Waals surface area contributed by atoms with E-state index in [0.29, 0.717) is 11.4 Å². The van der Waals surface area contributed by atoms with Gasteiger partial charge in [-0.2, -0.15) is 0 Å². The van der Waals surface area contributed by atoms with Crippen LogP contribution in [0.1, 0.15) is 32.7 Å². The van der Waals surface area contributed by atoms with Crippen LogP contribution >= 0.6 is 11.3 Å². The third-order valence-corrected chi connectivity index (χ3v) is 3.90. The first-order valence-corrected chi connectivity index (χ1v) is 7.46. The summed E-state index contributed by atoms with van der Waals surface area (Å²) in [6.07, 6.45) is 2.62. The summed E-state index contributed by atoms with van der Waals surface area (Å²) in [7, 11) is 0. The lowest BCUT2D eigenvalue weighted by molar-refractivity contribution is 0.0954. The Bertz CT molecular complexity index is 683. The van der Waals surface area contributed by atoms with E-state index in [2.05, 4.69) is 29.1 Å². The highest BCUT2D eigenvalue weighted by molar-refractivity contribution is 7.14. The Labute approximate surface area is 127 Å². The van der Waals surface area contributed by atoms with Gasteiger partial charge in [0.2, 0.25) is 0 Å². The van der Waals surface area contributed by atoms with Crippen LogP contribution in [0, 0.1) is 11.8 Å². The van der Waals surface area contributed by atoms with Gasteiger partial charge in [0, 0.05) is 6.20 Å². The first-order chi connectivity index (χ1) is 10.2. The summed E-state index contributed by atoms with van der Waals surface area (Å²) in [6.45, 7) is 2.30. The third kappa shape index (κ3) is 4.15. The molecular weight excluding hydrogens is 284 g/mol. The summed E-state index contributed by atoms with van der Waals surface area (Å²) < 4.78 is 0. The van der Waals surface area contributed by atoms with Crippen LogP contribution in [0.4, 0.5) is 0 Å². The van der Waals surface area contributed by atoms with Gasteiger partial charge >= 0.3 is 0 Å². The highest BCUT2D eigenvalue weighted by Gasteiger charge is 2.09. The van der Waals surface area contributed by atoms with Gasteiger partial charge in [0.25, 0.3) is 5.91 Å². The molecular formula is C16H16N2O2S. The predicted molar refractivity (Wildman–Crippen MR) is 83.1 cm³/mol. The fraction of sp³-hybridized carbons (Fsp3) is 0.250. The number of carbonyl (C=O) groups excluding carboxylic acids is 1. The monoisotopic (exact) mass is 300 g/mol. The van der Waals surface area contributed by atoms with Gasteiger partial charge in [-0.25, -0.2) is 0 Å². The van der Waals surface area contributed by atoms with Gasteiger partial charge in [0.1, 0.15) is 6.61 Å². The SMILES string of the molecule is CCc1cccnc1CNC(=O)c1ccc(C#CCO)s1. The van der Waals surface area contributed by atoms with E-state index >= 15 is 0 Å². The normalized spacial score (nSPS) is 9.81. The van der Waals surface area contributed by atoms with Crippen molar-refractivity contribution in [3.63, 3.8) is 0 Å².